The molecule has 23 heavy (non-hydrogen) atoms. The molecule has 0 fully saturated rings. The number of rotatable bonds is 4. The van der Waals surface area contributed by atoms with Crippen molar-refractivity contribution in [1.82, 2.24) is 0 Å². The zero-order valence-electron chi connectivity index (χ0n) is 13.4. The zero-order chi connectivity index (χ0) is 16.2. The highest BCUT2D eigenvalue weighted by Crippen LogP contribution is 2.40. The number of hydrogen-bond acceptors (Lipinski definition) is 2. The van der Waals surface area contributed by atoms with Gasteiger partial charge in [0.05, 0.1) is 7.11 Å². The minimum absolute atomic E-state index is 0.0369. The molecule has 0 aliphatic rings. The third-order valence-corrected chi connectivity index (χ3v) is 4.22. The molecule has 0 saturated heterocycles. The summed E-state index contributed by atoms with van der Waals surface area (Å²) >= 11 is 0. The molecule has 2 nitrogen and oxygen atoms in total. The normalized spacial score (nSPS) is 11.9. The predicted octanol–water partition coefficient (Wildman–Crippen LogP) is 5.22. The van der Waals surface area contributed by atoms with Crippen molar-refractivity contribution in [3.63, 3.8) is 0 Å². The Morgan fingerprint density at radius 3 is 2.17 bits per heavy atom. The summed E-state index contributed by atoms with van der Waals surface area (Å²) in [7, 11) is 1.67. The molecule has 3 aromatic rings. The highest BCUT2D eigenvalue weighted by Gasteiger charge is 2.18. The first-order valence-corrected chi connectivity index (χ1v) is 7.72. The van der Waals surface area contributed by atoms with Gasteiger partial charge < -0.3 is 9.84 Å². The topological polar surface area (TPSA) is 29.5 Å². The Hall–Kier alpha value is -2.74. The van der Waals surface area contributed by atoms with Gasteiger partial charge in [0.15, 0.2) is 0 Å². The fourth-order valence-corrected chi connectivity index (χ4v) is 2.95. The van der Waals surface area contributed by atoms with Crippen molar-refractivity contribution in [3.05, 3.63) is 83.9 Å². The van der Waals surface area contributed by atoms with Crippen molar-refractivity contribution in [2.45, 2.75) is 12.8 Å². The molecule has 116 valence electrons. The summed E-state index contributed by atoms with van der Waals surface area (Å²) in [6, 6.07) is 23.8. The fourth-order valence-electron chi connectivity index (χ4n) is 2.95. The number of aromatic hydroxyl groups is 1. The molecule has 1 atom stereocenters. The quantitative estimate of drug-likeness (QED) is 0.716. The molecule has 0 saturated carbocycles. The van der Waals surface area contributed by atoms with E-state index in [1.54, 1.807) is 7.11 Å². The van der Waals surface area contributed by atoms with E-state index in [-0.39, 0.29) is 5.92 Å². The summed E-state index contributed by atoms with van der Waals surface area (Å²) in [6.07, 6.45) is 0. The van der Waals surface area contributed by atoms with Crippen molar-refractivity contribution in [3.8, 4) is 22.6 Å². The van der Waals surface area contributed by atoms with Gasteiger partial charge >= 0.3 is 0 Å². The maximum Gasteiger partial charge on any atom is 0.127 e. The van der Waals surface area contributed by atoms with Gasteiger partial charge in [0.2, 0.25) is 0 Å². The van der Waals surface area contributed by atoms with Gasteiger partial charge in [-0.25, -0.2) is 0 Å². The van der Waals surface area contributed by atoms with E-state index in [0.717, 1.165) is 28.0 Å². The number of hydrogen-bond donors (Lipinski definition) is 1. The van der Waals surface area contributed by atoms with Crippen molar-refractivity contribution < 1.29 is 9.84 Å². The van der Waals surface area contributed by atoms with Crippen LogP contribution in [0, 0.1) is 0 Å². The second-order valence-corrected chi connectivity index (χ2v) is 5.57. The predicted molar refractivity (Wildman–Crippen MR) is 94.1 cm³/mol. The summed E-state index contributed by atoms with van der Waals surface area (Å²) in [5.74, 6) is 1.21. The van der Waals surface area contributed by atoms with E-state index in [4.69, 9.17) is 4.74 Å². The van der Waals surface area contributed by atoms with Gasteiger partial charge in [-0.2, -0.15) is 0 Å². The first-order chi connectivity index (χ1) is 11.2. The SMILES string of the molecule is COc1ccccc1C(C)c1cccc(-c2ccccc2)c1O. The lowest BCUT2D eigenvalue weighted by molar-refractivity contribution is 0.407. The molecule has 0 aliphatic carbocycles. The van der Waals surface area contributed by atoms with Crippen LogP contribution in [0.3, 0.4) is 0 Å². The van der Waals surface area contributed by atoms with Crippen LogP contribution in [0.15, 0.2) is 72.8 Å². The van der Waals surface area contributed by atoms with Gasteiger partial charge in [-0.15, -0.1) is 0 Å². The van der Waals surface area contributed by atoms with Crippen LogP contribution in [-0.2, 0) is 0 Å². The zero-order valence-corrected chi connectivity index (χ0v) is 13.4. The van der Waals surface area contributed by atoms with Crippen LogP contribution in [0.1, 0.15) is 24.0 Å². The first-order valence-electron chi connectivity index (χ1n) is 7.72. The number of ether oxygens (including phenoxy) is 1. The lowest BCUT2D eigenvalue weighted by atomic mass is 9.89. The number of benzene rings is 3. The van der Waals surface area contributed by atoms with Crippen molar-refractivity contribution >= 4 is 0 Å². The molecule has 0 radical (unpaired) electrons. The maximum atomic E-state index is 10.8. The van der Waals surface area contributed by atoms with Crippen LogP contribution >= 0.6 is 0 Å². The molecule has 3 aromatic carbocycles. The molecular formula is C21H20O2. The Kier molecular flexibility index (Phi) is 4.33. The van der Waals surface area contributed by atoms with Crippen LogP contribution in [0.2, 0.25) is 0 Å². The average Bonchev–Trinajstić information content (AvgIpc) is 2.62. The summed E-state index contributed by atoms with van der Waals surface area (Å²) in [4.78, 5) is 0. The summed E-state index contributed by atoms with van der Waals surface area (Å²) in [5, 5.41) is 10.8. The van der Waals surface area contributed by atoms with Crippen molar-refractivity contribution in [2.24, 2.45) is 0 Å². The molecule has 0 amide bonds. The van der Waals surface area contributed by atoms with E-state index in [1.807, 2.05) is 72.8 Å². The van der Waals surface area contributed by atoms with E-state index < -0.39 is 0 Å². The molecule has 0 spiro atoms. The van der Waals surface area contributed by atoms with E-state index in [2.05, 4.69) is 6.92 Å². The second-order valence-electron chi connectivity index (χ2n) is 5.57. The van der Waals surface area contributed by atoms with E-state index in [0.29, 0.717) is 5.75 Å². The van der Waals surface area contributed by atoms with Crippen molar-refractivity contribution in [1.29, 1.82) is 0 Å². The Balaban J connectivity index is 2.07. The summed E-state index contributed by atoms with van der Waals surface area (Å²) in [5.41, 5.74) is 3.83. The van der Waals surface area contributed by atoms with Gasteiger partial charge in [0.25, 0.3) is 0 Å². The largest absolute Gasteiger partial charge is 0.507 e. The van der Waals surface area contributed by atoms with Gasteiger partial charge in [-0.3, -0.25) is 0 Å². The van der Waals surface area contributed by atoms with E-state index >= 15 is 0 Å². The third kappa shape index (κ3) is 2.93. The van der Waals surface area contributed by atoms with E-state index in [1.165, 1.54) is 0 Å². The van der Waals surface area contributed by atoms with E-state index in [9.17, 15) is 5.11 Å². The van der Waals surface area contributed by atoms with Crippen LogP contribution in [0.4, 0.5) is 0 Å². The average molecular weight is 304 g/mol. The fraction of sp³-hybridized carbons (Fsp3) is 0.143. The minimum Gasteiger partial charge on any atom is -0.507 e. The molecular weight excluding hydrogens is 284 g/mol. The van der Waals surface area contributed by atoms with Crippen LogP contribution < -0.4 is 4.74 Å². The Labute approximate surface area is 137 Å². The third-order valence-electron chi connectivity index (χ3n) is 4.22. The van der Waals surface area contributed by atoms with Crippen molar-refractivity contribution in [2.75, 3.05) is 7.11 Å². The molecule has 1 unspecified atom stereocenters. The van der Waals surface area contributed by atoms with Crippen LogP contribution in [-0.4, -0.2) is 12.2 Å². The summed E-state index contributed by atoms with van der Waals surface area (Å²) in [6.45, 7) is 2.08. The molecule has 0 aliphatic heterocycles. The Bertz CT molecular complexity index is 794. The van der Waals surface area contributed by atoms with Gasteiger partial charge in [-0.1, -0.05) is 73.7 Å². The van der Waals surface area contributed by atoms with Gasteiger partial charge in [0, 0.05) is 22.6 Å². The molecule has 0 heterocycles. The minimum atomic E-state index is 0.0369. The number of phenolic OH excluding ortho intramolecular Hbond substituents is 1. The maximum absolute atomic E-state index is 10.8. The highest BCUT2D eigenvalue weighted by molar-refractivity contribution is 5.72. The number of phenols is 1. The van der Waals surface area contributed by atoms with Gasteiger partial charge in [0.1, 0.15) is 11.5 Å². The molecule has 1 N–H and O–H groups in total. The monoisotopic (exact) mass is 304 g/mol. The lowest BCUT2D eigenvalue weighted by Gasteiger charge is -2.18. The molecule has 2 heteroatoms. The standard InChI is InChI=1S/C21H20O2/c1-15(17-11-6-7-14-20(17)23-2)18-12-8-13-19(21(18)22)16-9-4-3-5-10-16/h3-15,22H,1-2H3. The molecule has 0 aromatic heterocycles. The number of para-hydroxylation sites is 2. The molecule has 3 rings (SSSR count). The Morgan fingerprint density at radius 2 is 1.43 bits per heavy atom. The smallest absolute Gasteiger partial charge is 0.127 e. The second kappa shape index (κ2) is 6.57. The highest BCUT2D eigenvalue weighted by atomic mass is 16.5. The molecule has 0 bridgehead atoms. The van der Waals surface area contributed by atoms with Crippen LogP contribution in [0.5, 0.6) is 11.5 Å². The lowest BCUT2D eigenvalue weighted by Crippen LogP contribution is -2.00. The number of methoxy groups -OCH3 is 1. The van der Waals surface area contributed by atoms with Gasteiger partial charge in [-0.05, 0) is 11.6 Å². The first kappa shape index (κ1) is 15.2. The Morgan fingerprint density at radius 1 is 0.783 bits per heavy atom. The van der Waals surface area contributed by atoms with Crippen LogP contribution in [0.25, 0.3) is 11.1 Å². The summed E-state index contributed by atoms with van der Waals surface area (Å²) < 4.78 is 5.46.